The Morgan fingerprint density at radius 2 is 1.78 bits per heavy atom. The van der Waals surface area contributed by atoms with Crippen molar-refractivity contribution in [1.29, 1.82) is 0 Å². The number of aromatic nitrogens is 1. The first kappa shape index (κ1) is 18.1. The van der Waals surface area contributed by atoms with Crippen molar-refractivity contribution in [3.8, 4) is 0 Å². The van der Waals surface area contributed by atoms with Crippen molar-refractivity contribution in [1.82, 2.24) is 0 Å². The fourth-order valence-corrected chi connectivity index (χ4v) is 5.26. The average Bonchev–Trinajstić information content (AvgIpc) is 2.99. The van der Waals surface area contributed by atoms with Gasteiger partial charge in [0.1, 0.15) is 6.54 Å². The maximum absolute atomic E-state index is 2.44. The van der Waals surface area contributed by atoms with Crippen LogP contribution in [0.2, 0.25) is 0 Å². The third kappa shape index (κ3) is 3.14. The van der Waals surface area contributed by atoms with Crippen LogP contribution in [0, 0.1) is 20.8 Å². The van der Waals surface area contributed by atoms with Crippen molar-refractivity contribution >= 4 is 34.4 Å². The molecule has 0 aliphatic carbocycles. The Labute approximate surface area is 166 Å². The molecule has 0 atom stereocenters. The van der Waals surface area contributed by atoms with Crippen molar-refractivity contribution in [2.45, 2.75) is 46.1 Å². The predicted molar refractivity (Wildman–Crippen MR) is 117 cm³/mol. The molecule has 0 spiro atoms. The topological polar surface area (TPSA) is 7.12 Å². The largest absolute Gasteiger partial charge is 0.335 e. The summed E-state index contributed by atoms with van der Waals surface area (Å²) in [5.41, 5.74) is 7.92. The summed E-state index contributed by atoms with van der Waals surface area (Å²) in [5, 5.41) is 2.62. The Morgan fingerprint density at radius 1 is 0.963 bits per heavy atom. The molecular formula is C24H27N2S+. The lowest BCUT2D eigenvalue weighted by Gasteiger charge is -2.18. The molecule has 0 unspecified atom stereocenters. The van der Waals surface area contributed by atoms with Gasteiger partial charge in [-0.25, -0.2) is 0 Å². The molecule has 0 radical (unpaired) electrons. The average molecular weight is 376 g/mol. The van der Waals surface area contributed by atoms with Crippen LogP contribution < -0.4 is 9.47 Å². The Kier molecular flexibility index (Phi) is 4.73. The van der Waals surface area contributed by atoms with Gasteiger partial charge in [-0.1, -0.05) is 29.5 Å². The lowest BCUT2D eigenvalue weighted by atomic mass is 10.1. The molecule has 0 bridgehead atoms. The van der Waals surface area contributed by atoms with Crippen LogP contribution in [0.4, 0.5) is 5.69 Å². The fraction of sp³-hybridized carbons (Fsp3) is 0.292. The van der Waals surface area contributed by atoms with E-state index in [1.807, 2.05) is 11.8 Å². The molecule has 4 rings (SSSR count). The minimum absolute atomic E-state index is 0.960. The van der Waals surface area contributed by atoms with Crippen LogP contribution in [0.15, 0.2) is 52.4 Å². The molecule has 2 nitrogen and oxygen atoms in total. The zero-order chi connectivity index (χ0) is 19.1. The predicted octanol–water partition coefficient (Wildman–Crippen LogP) is 6.00. The maximum Gasteiger partial charge on any atom is 0.212 e. The van der Waals surface area contributed by atoms with E-state index in [0.29, 0.717) is 0 Å². The van der Waals surface area contributed by atoms with E-state index in [2.05, 4.69) is 92.6 Å². The van der Waals surface area contributed by atoms with Gasteiger partial charge in [0.15, 0.2) is 0 Å². The van der Waals surface area contributed by atoms with Gasteiger partial charge in [0, 0.05) is 35.0 Å². The summed E-state index contributed by atoms with van der Waals surface area (Å²) < 4.78 is 2.41. The number of aryl methyl sites for hydroxylation is 4. The molecule has 2 heterocycles. The van der Waals surface area contributed by atoms with Gasteiger partial charge in [-0.05, 0) is 63.9 Å². The normalized spacial score (nSPS) is 15.0. The van der Waals surface area contributed by atoms with Gasteiger partial charge in [0.2, 0.25) is 11.2 Å². The SMILES string of the molecule is CCN1/C(=C/c2ccc3cc(C)ccc3[n+]2CC)Sc2c(C)cc(C)cc21. The number of benzene rings is 2. The van der Waals surface area contributed by atoms with Crippen LogP contribution in [-0.2, 0) is 6.54 Å². The minimum Gasteiger partial charge on any atom is -0.335 e. The minimum atomic E-state index is 0.960. The Bertz CT molecular complexity index is 1070. The van der Waals surface area contributed by atoms with Gasteiger partial charge in [-0.3, -0.25) is 0 Å². The number of nitrogens with zero attached hydrogens (tertiary/aromatic N) is 2. The summed E-state index contributed by atoms with van der Waals surface area (Å²) >= 11 is 1.90. The van der Waals surface area contributed by atoms with Crippen molar-refractivity contribution < 1.29 is 4.57 Å². The maximum atomic E-state index is 2.44. The third-order valence-corrected chi connectivity index (χ3v) is 6.57. The smallest absolute Gasteiger partial charge is 0.212 e. The van der Waals surface area contributed by atoms with E-state index in [9.17, 15) is 0 Å². The third-order valence-electron chi connectivity index (χ3n) is 5.29. The molecule has 0 amide bonds. The fourth-order valence-electron chi connectivity index (χ4n) is 4.04. The second-order valence-corrected chi connectivity index (χ2v) is 8.35. The quantitative estimate of drug-likeness (QED) is 0.518. The zero-order valence-electron chi connectivity index (χ0n) is 16.8. The second kappa shape index (κ2) is 7.05. The highest BCUT2D eigenvalue weighted by molar-refractivity contribution is 8.04. The van der Waals surface area contributed by atoms with E-state index in [4.69, 9.17) is 0 Å². The number of thioether (sulfide) groups is 1. The van der Waals surface area contributed by atoms with E-state index in [1.165, 1.54) is 48.9 Å². The number of rotatable bonds is 3. The van der Waals surface area contributed by atoms with Crippen LogP contribution in [0.5, 0.6) is 0 Å². The van der Waals surface area contributed by atoms with Crippen LogP contribution in [0.25, 0.3) is 17.0 Å². The summed E-state index contributed by atoms with van der Waals surface area (Å²) in [4.78, 5) is 3.84. The summed E-state index contributed by atoms with van der Waals surface area (Å²) in [6.07, 6.45) is 2.35. The lowest BCUT2D eigenvalue weighted by molar-refractivity contribution is -0.669. The Hall–Kier alpha value is -2.26. The van der Waals surface area contributed by atoms with E-state index < -0.39 is 0 Å². The lowest BCUT2D eigenvalue weighted by Crippen LogP contribution is -2.37. The summed E-state index contributed by atoms with van der Waals surface area (Å²) in [6.45, 7) is 13.0. The molecule has 138 valence electrons. The van der Waals surface area contributed by atoms with Gasteiger partial charge in [0.05, 0.1) is 10.7 Å². The Morgan fingerprint density at radius 3 is 2.52 bits per heavy atom. The van der Waals surface area contributed by atoms with E-state index in [0.717, 1.165) is 13.1 Å². The van der Waals surface area contributed by atoms with Gasteiger partial charge in [0.25, 0.3) is 0 Å². The van der Waals surface area contributed by atoms with Gasteiger partial charge < -0.3 is 4.90 Å². The standard InChI is InChI=1S/C24H27N2S/c1-6-25-20(10-9-19-13-16(3)8-11-21(19)25)15-23-26(7-2)22-14-17(4)12-18(5)24(22)27-23/h8-15H,6-7H2,1-5H3/q+1. The van der Waals surface area contributed by atoms with E-state index >= 15 is 0 Å². The summed E-state index contributed by atoms with van der Waals surface area (Å²) in [5.74, 6) is 0. The number of fused-ring (bicyclic) bond motifs is 2. The molecule has 0 fully saturated rings. The summed E-state index contributed by atoms with van der Waals surface area (Å²) in [6, 6.07) is 15.8. The van der Waals surface area contributed by atoms with E-state index in [1.54, 1.807) is 0 Å². The highest BCUT2D eigenvalue weighted by Gasteiger charge is 2.27. The zero-order valence-corrected chi connectivity index (χ0v) is 17.7. The molecule has 3 aromatic rings. The molecular weight excluding hydrogens is 348 g/mol. The molecule has 1 aliphatic rings. The molecule has 1 aliphatic heterocycles. The monoisotopic (exact) mass is 375 g/mol. The first-order valence-electron chi connectivity index (χ1n) is 9.73. The number of pyridine rings is 1. The Balaban J connectivity index is 1.84. The van der Waals surface area contributed by atoms with Crippen LogP contribution in [-0.4, -0.2) is 6.54 Å². The summed E-state index contributed by atoms with van der Waals surface area (Å²) in [7, 11) is 0. The first-order chi connectivity index (χ1) is 13.0. The van der Waals surface area contributed by atoms with Crippen molar-refractivity contribution in [2.75, 3.05) is 11.4 Å². The van der Waals surface area contributed by atoms with Crippen molar-refractivity contribution in [3.05, 3.63) is 69.9 Å². The molecule has 27 heavy (non-hydrogen) atoms. The molecule has 2 aromatic carbocycles. The molecule has 0 N–H and O–H groups in total. The molecule has 3 heteroatoms. The molecule has 0 saturated heterocycles. The van der Waals surface area contributed by atoms with Crippen molar-refractivity contribution in [3.63, 3.8) is 0 Å². The highest BCUT2D eigenvalue weighted by Crippen LogP contribution is 2.48. The van der Waals surface area contributed by atoms with Crippen LogP contribution >= 0.6 is 11.8 Å². The molecule has 0 saturated carbocycles. The number of hydrogen-bond acceptors (Lipinski definition) is 2. The number of hydrogen-bond donors (Lipinski definition) is 0. The second-order valence-electron chi connectivity index (χ2n) is 7.32. The van der Waals surface area contributed by atoms with Crippen LogP contribution in [0.1, 0.15) is 36.2 Å². The number of anilines is 1. The first-order valence-corrected chi connectivity index (χ1v) is 10.5. The molecule has 1 aromatic heterocycles. The van der Waals surface area contributed by atoms with Gasteiger partial charge >= 0.3 is 0 Å². The van der Waals surface area contributed by atoms with Gasteiger partial charge in [-0.2, -0.15) is 4.57 Å². The van der Waals surface area contributed by atoms with Gasteiger partial charge in [-0.15, -0.1) is 0 Å². The van der Waals surface area contributed by atoms with Crippen LogP contribution in [0.3, 0.4) is 0 Å². The highest BCUT2D eigenvalue weighted by atomic mass is 32.2. The van der Waals surface area contributed by atoms with Crippen molar-refractivity contribution in [2.24, 2.45) is 0 Å². The van der Waals surface area contributed by atoms with E-state index in [-0.39, 0.29) is 0 Å².